The molecule has 0 saturated carbocycles. The van der Waals surface area contributed by atoms with Crippen LogP contribution in [0.4, 0.5) is 8.78 Å². The molecule has 2 aromatic rings. The van der Waals surface area contributed by atoms with E-state index in [-0.39, 0.29) is 18.8 Å². The summed E-state index contributed by atoms with van der Waals surface area (Å²) in [5.74, 6) is 2.26. The molecule has 0 unspecified atom stereocenters. The van der Waals surface area contributed by atoms with E-state index in [2.05, 4.69) is 18.8 Å². The molecule has 2 aromatic carbocycles. The number of rotatable bonds is 9. The fraction of sp³-hybridized carbons (Fsp3) is 0.429. The Kier molecular flexibility index (Phi) is 9.97. The summed E-state index contributed by atoms with van der Waals surface area (Å²) in [7, 11) is 0. The molecule has 0 amide bonds. The van der Waals surface area contributed by atoms with Crippen LogP contribution in [-0.4, -0.2) is 37.4 Å². The summed E-state index contributed by atoms with van der Waals surface area (Å²) in [4.78, 5) is 24.5. The van der Waals surface area contributed by atoms with Crippen molar-refractivity contribution in [2.24, 2.45) is 0 Å². The summed E-state index contributed by atoms with van der Waals surface area (Å²) < 4.78 is 50.1. The van der Waals surface area contributed by atoms with Gasteiger partial charge in [-0.05, 0) is 50.5 Å². The van der Waals surface area contributed by atoms with Crippen molar-refractivity contribution >= 4 is 11.9 Å². The van der Waals surface area contributed by atoms with Gasteiger partial charge < -0.3 is 18.9 Å². The van der Waals surface area contributed by atoms with Crippen LogP contribution in [0.5, 0.6) is 0 Å². The minimum atomic E-state index is -1.25. The summed E-state index contributed by atoms with van der Waals surface area (Å²) in [5.41, 5.74) is 1.42. The lowest BCUT2D eigenvalue weighted by Gasteiger charge is -2.13. The van der Waals surface area contributed by atoms with E-state index in [1.165, 1.54) is 6.07 Å². The number of halogens is 2. The van der Waals surface area contributed by atoms with Crippen molar-refractivity contribution in [3.05, 3.63) is 70.3 Å². The van der Waals surface area contributed by atoms with Crippen LogP contribution in [0, 0.1) is 23.5 Å². The topological polar surface area (TPSA) is 71.1 Å². The first-order chi connectivity index (χ1) is 17.4. The van der Waals surface area contributed by atoms with Crippen LogP contribution in [0.2, 0.25) is 0 Å². The van der Waals surface area contributed by atoms with Crippen LogP contribution >= 0.6 is 0 Å². The first-order valence-corrected chi connectivity index (χ1v) is 12.1. The first-order valence-electron chi connectivity index (χ1n) is 12.1. The number of ether oxygens (including phenoxy) is 4. The number of benzene rings is 2. The zero-order valence-electron chi connectivity index (χ0n) is 20.6. The lowest BCUT2D eigenvalue weighted by molar-refractivity contribution is -0.163. The molecule has 0 aliphatic carbocycles. The molecular formula is C28H30F2O6. The fourth-order valence-electron chi connectivity index (χ4n) is 3.71. The third kappa shape index (κ3) is 6.68. The number of unbranched alkanes of at least 4 members (excludes halogenated alkanes) is 2. The van der Waals surface area contributed by atoms with E-state index in [9.17, 15) is 18.4 Å². The molecule has 3 rings (SSSR count). The molecule has 0 spiro atoms. The van der Waals surface area contributed by atoms with Gasteiger partial charge in [-0.1, -0.05) is 49.8 Å². The van der Waals surface area contributed by atoms with Crippen molar-refractivity contribution in [3.8, 4) is 11.8 Å². The molecular weight excluding hydrogens is 470 g/mol. The van der Waals surface area contributed by atoms with E-state index in [1.54, 1.807) is 44.2 Å². The van der Waals surface area contributed by atoms with Gasteiger partial charge in [-0.3, -0.25) is 0 Å². The maximum Gasteiger partial charge on any atom is 0.338 e. The van der Waals surface area contributed by atoms with E-state index in [0.29, 0.717) is 23.1 Å². The zero-order chi connectivity index (χ0) is 26.1. The second-order valence-electron chi connectivity index (χ2n) is 8.18. The van der Waals surface area contributed by atoms with Gasteiger partial charge in [0.05, 0.1) is 18.8 Å². The molecule has 1 heterocycles. The van der Waals surface area contributed by atoms with Gasteiger partial charge in [0.25, 0.3) is 0 Å². The third-order valence-electron chi connectivity index (χ3n) is 5.59. The standard InChI is InChI=1S/C28H30F2O6/c1-4-7-8-9-19-16-17-20(23(30)22(19)29)13-10-18-11-14-21(15-12-18)28-35-24(26(31)33-5-2)25(36-28)27(32)34-6-3/h11-12,14-17,24-25,28H,4-9H2,1-3H3/t24-,25-/m1/s1. The smallest absolute Gasteiger partial charge is 0.338 e. The van der Waals surface area contributed by atoms with Crippen LogP contribution < -0.4 is 0 Å². The molecule has 1 saturated heterocycles. The third-order valence-corrected chi connectivity index (χ3v) is 5.59. The van der Waals surface area contributed by atoms with Crippen molar-refractivity contribution < 1.29 is 37.3 Å². The van der Waals surface area contributed by atoms with E-state index >= 15 is 0 Å². The maximum absolute atomic E-state index is 14.5. The zero-order valence-corrected chi connectivity index (χ0v) is 20.6. The minimum Gasteiger partial charge on any atom is -0.464 e. The summed E-state index contributed by atoms with van der Waals surface area (Å²) >= 11 is 0. The Hall–Kier alpha value is -3.28. The van der Waals surface area contributed by atoms with Gasteiger partial charge >= 0.3 is 11.9 Å². The van der Waals surface area contributed by atoms with Gasteiger partial charge in [0.15, 0.2) is 30.1 Å². The van der Waals surface area contributed by atoms with Gasteiger partial charge in [0, 0.05) is 11.1 Å². The van der Waals surface area contributed by atoms with E-state index in [0.717, 1.165) is 19.3 Å². The largest absolute Gasteiger partial charge is 0.464 e. The molecule has 1 aliphatic heterocycles. The van der Waals surface area contributed by atoms with Gasteiger partial charge in [0.2, 0.25) is 0 Å². The Labute approximate surface area is 209 Å². The maximum atomic E-state index is 14.5. The highest BCUT2D eigenvalue weighted by molar-refractivity contribution is 5.86. The Morgan fingerprint density at radius 1 is 0.833 bits per heavy atom. The predicted octanol–water partition coefficient (Wildman–Crippen LogP) is 5.01. The number of carbonyl (C=O) groups excluding carboxylic acids is 2. The van der Waals surface area contributed by atoms with E-state index in [4.69, 9.17) is 18.9 Å². The average Bonchev–Trinajstić information content (AvgIpc) is 3.33. The van der Waals surface area contributed by atoms with Crippen molar-refractivity contribution in [1.29, 1.82) is 0 Å². The van der Waals surface area contributed by atoms with Crippen LogP contribution in [0.1, 0.15) is 68.6 Å². The highest BCUT2D eigenvalue weighted by Crippen LogP contribution is 2.33. The molecule has 6 nitrogen and oxygen atoms in total. The summed E-state index contributed by atoms with van der Waals surface area (Å²) in [6.45, 7) is 5.59. The highest BCUT2D eigenvalue weighted by Gasteiger charge is 2.47. The monoisotopic (exact) mass is 500 g/mol. The van der Waals surface area contributed by atoms with Crippen LogP contribution in [0.25, 0.3) is 0 Å². The van der Waals surface area contributed by atoms with Gasteiger partial charge in [-0.25, -0.2) is 18.4 Å². The highest BCUT2D eigenvalue weighted by atomic mass is 19.2. The number of carbonyl (C=O) groups is 2. The van der Waals surface area contributed by atoms with E-state index in [1.807, 2.05) is 0 Å². The Morgan fingerprint density at radius 3 is 2.00 bits per heavy atom. The molecule has 36 heavy (non-hydrogen) atoms. The Bertz CT molecular complexity index is 1090. The van der Waals surface area contributed by atoms with Gasteiger partial charge in [-0.2, -0.15) is 0 Å². The molecule has 1 fully saturated rings. The summed E-state index contributed by atoms with van der Waals surface area (Å²) in [6.07, 6.45) is -0.244. The normalized spacial score (nSPS) is 17.4. The van der Waals surface area contributed by atoms with E-state index < -0.39 is 42.1 Å². The molecule has 8 heteroatoms. The quantitative estimate of drug-likeness (QED) is 0.274. The van der Waals surface area contributed by atoms with Crippen LogP contribution in [0.3, 0.4) is 0 Å². The van der Waals surface area contributed by atoms with Crippen LogP contribution in [-0.2, 0) is 35.0 Å². The van der Waals surface area contributed by atoms with Gasteiger partial charge in [-0.15, -0.1) is 0 Å². The van der Waals surface area contributed by atoms with Crippen molar-refractivity contribution in [2.75, 3.05) is 13.2 Å². The molecule has 2 atom stereocenters. The second-order valence-corrected chi connectivity index (χ2v) is 8.18. The molecule has 192 valence electrons. The van der Waals surface area contributed by atoms with Gasteiger partial charge in [0.1, 0.15) is 0 Å². The average molecular weight is 501 g/mol. The summed E-state index contributed by atoms with van der Waals surface area (Å²) in [6, 6.07) is 9.68. The first kappa shape index (κ1) is 27.3. The van der Waals surface area contributed by atoms with Crippen LogP contribution in [0.15, 0.2) is 36.4 Å². The fourth-order valence-corrected chi connectivity index (χ4v) is 3.71. The molecule has 0 bridgehead atoms. The second kappa shape index (κ2) is 13.1. The number of esters is 2. The minimum absolute atomic E-state index is 0.0205. The SMILES string of the molecule is CCCCCc1ccc(C#Cc2ccc(C3O[C@@H](C(=O)OCC)[C@H](C(=O)OCC)O3)cc2)c(F)c1F. The molecule has 1 aliphatic rings. The van der Waals surface area contributed by atoms with Crippen molar-refractivity contribution in [2.45, 2.75) is 65.0 Å². The number of aryl methyl sites for hydroxylation is 1. The predicted molar refractivity (Wildman–Crippen MR) is 128 cm³/mol. The number of hydrogen-bond donors (Lipinski definition) is 0. The van der Waals surface area contributed by atoms with Crippen molar-refractivity contribution in [1.82, 2.24) is 0 Å². The number of hydrogen-bond acceptors (Lipinski definition) is 6. The molecule has 0 radical (unpaired) electrons. The lowest BCUT2D eigenvalue weighted by atomic mass is 10.0. The summed E-state index contributed by atoms with van der Waals surface area (Å²) in [5, 5.41) is 0. The molecule has 0 N–H and O–H groups in total. The Balaban J connectivity index is 1.72. The molecule has 0 aromatic heterocycles. The lowest BCUT2D eigenvalue weighted by Crippen LogP contribution is -2.39. The Morgan fingerprint density at radius 2 is 1.44 bits per heavy atom. The van der Waals surface area contributed by atoms with Crippen molar-refractivity contribution in [3.63, 3.8) is 0 Å².